The van der Waals surface area contributed by atoms with Crippen molar-refractivity contribution >= 4 is 11.7 Å². The molecular weight excluding hydrogens is 230 g/mol. The first-order chi connectivity index (χ1) is 8.75. The number of aromatic nitrogens is 2. The Morgan fingerprint density at radius 1 is 1.28 bits per heavy atom. The molecule has 2 N–H and O–H groups in total. The van der Waals surface area contributed by atoms with E-state index < -0.39 is 0 Å². The monoisotopic (exact) mass is 243 g/mol. The molecule has 0 atom stereocenters. The van der Waals surface area contributed by atoms with Crippen molar-refractivity contribution in [3.8, 4) is 5.75 Å². The van der Waals surface area contributed by atoms with E-state index in [1.54, 1.807) is 18.5 Å². The Hall–Kier alpha value is -2.43. The Bertz CT molecular complexity index is 529. The first-order valence-electron chi connectivity index (χ1n) is 5.58. The molecule has 0 unspecified atom stereocenters. The van der Waals surface area contributed by atoms with Crippen LogP contribution in [-0.4, -0.2) is 21.0 Å². The SMILES string of the molecule is O=C(CCc1cccnc1)Nc1ncccc1O. The van der Waals surface area contributed by atoms with Crippen molar-refractivity contribution in [2.45, 2.75) is 12.8 Å². The van der Waals surface area contributed by atoms with Gasteiger partial charge in [-0.15, -0.1) is 0 Å². The summed E-state index contributed by atoms with van der Waals surface area (Å²) in [6.45, 7) is 0. The van der Waals surface area contributed by atoms with Gasteiger partial charge in [-0.3, -0.25) is 9.78 Å². The molecule has 5 nitrogen and oxygen atoms in total. The average molecular weight is 243 g/mol. The number of nitrogens with zero attached hydrogens (tertiary/aromatic N) is 2. The lowest BCUT2D eigenvalue weighted by molar-refractivity contribution is -0.116. The van der Waals surface area contributed by atoms with E-state index in [2.05, 4.69) is 15.3 Å². The topological polar surface area (TPSA) is 75.1 Å². The van der Waals surface area contributed by atoms with E-state index in [0.29, 0.717) is 12.8 Å². The maximum absolute atomic E-state index is 11.7. The molecule has 5 heteroatoms. The zero-order valence-electron chi connectivity index (χ0n) is 9.71. The molecule has 2 aromatic heterocycles. The summed E-state index contributed by atoms with van der Waals surface area (Å²) >= 11 is 0. The van der Waals surface area contributed by atoms with Gasteiger partial charge in [0.05, 0.1) is 0 Å². The van der Waals surface area contributed by atoms with Crippen molar-refractivity contribution in [1.82, 2.24) is 9.97 Å². The van der Waals surface area contributed by atoms with E-state index in [1.807, 2.05) is 12.1 Å². The summed E-state index contributed by atoms with van der Waals surface area (Å²) < 4.78 is 0. The smallest absolute Gasteiger partial charge is 0.225 e. The highest BCUT2D eigenvalue weighted by atomic mass is 16.3. The molecule has 1 amide bonds. The summed E-state index contributed by atoms with van der Waals surface area (Å²) in [4.78, 5) is 19.5. The minimum absolute atomic E-state index is 0.0350. The third-order valence-corrected chi connectivity index (χ3v) is 2.41. The second-order valence-corrected chi connectivity index (χ2v) is 3.78. The van der Waals surface area contributed by atoms with Gasteiger partial charge in [-0.25, -0.2) is 4.98 Å². The highest BCUT2D eigenvalue weighted by Gasteiger charge is 2.07. The summed E-state index contributed by atoms with van der Waals surface area (Å²) in [6.07, 6.45) is 5.85. The molecule has 0 saturated carbocycles. The van der Waals surface area contributed by atoms with Crippen molar-refractivity contribution in [3.05, 3.63) is 48.4 Å². The maximum atomic E-state index is 11.7. The Balaban J connectivity index is 1.88. The number of nitrogens with one attached hydrogen (secondary N) is 1. The number of anilines is 1. The molecule has 0 aromatic carbocycles. The highest BCUT2D eigenvalue weighted by Crippen LogP contribution is 2.18. The van der Waals surface area contributed by atoms with Crippen LogP contribution in [0.2, 0.25) is 0 Å². The van der Waals surface area contributed by atoms with Gasteiger partial charge < -0.3 is 10.4 Å². The third-order valence-electron chi connectivity index (χ3n) is 2.41. The molecule has 92 valence electrons. The summed E-state index contributed by atoms with van der Waals surface area (Å²) in [6, 6.07) is 6.82. The van der Waals surface area contributed by atoms with Crippen molar-refractivity contribution in [2.24, 2.45) is 0 Å². The van der Waals surface area contributed by atoms with Crippen LogP contribution in [0.5, 0.6) is 5.75 Å². The van der Waals surface area contributed by atoms with Gasteiger partial charge in [0.15, 0.2) is 11.6 Å². The minimum atomic E-state index is -0.187. The molecule has 0 aliphatic carbocycles. The van der Waals surface area contributed by atoms with Gasteiger partial charge in [0.1, 0.15) is 0 Å². The minimum Gasteiger partial charge on any atom is -0.504 e. The van der Waals surface area contributed by atoms with Crippen LogP contribution in [0, 0.1) is 0 Å². The molecule has 2 heterocycles. The Kier molecular flexibility index (Phi) is 3.86. The van der Waals surface area contributed by atoms with Crippen molar-refractivity contribution < 1.29 is 9.90 Å². The zero-order chi connectivity index (χ0) is 12.8. The number of aryl methyl sites for hydroxylation is 1. The fourth-order valence-corrected chi connectivity index (χ4v) is 1.49. The van der Waals surface area contributed by atoms with E-state index >= 15 is 0 Å². The molecule has 0 bridgehead atoms. The molecule has 0 aliphatic rings. The second kappa shape index (κ2) is 5.77. The summed E-state index contributed by atoms with van der Waals surface area (Å²) in [7, 11) is 0. The lowest BCUT2D eigenvalue weighted by atomic mass is 10.1. The normalized spacial score (nSPS) is 10.0. The zero-order valence-corrected chi connectivity index (χ0v) is 9.71. The van der Waals surface area contributed by atoms with Gasteiger partial charge >= 0.3 is 0 Å². The fraction of sp³-hybridized carbons (Fsp3) is 0.154. The molecule has 0 spiro atoms. The van der Waals surface area contributed by atoms with Crippen LogP contribution in [0.15, 0.2) is 42.9 Å². The van der Waals surface area contributed by atoms with E-state index in [1.165, 1.54) is 12.3 Å². The lowest BCUT2D eigenvalue weighted by Crippen LogP contribution is -2.13. The molecule has 18 heavy (non-hydrogen) atoms. The summed E-state index contributed by atoms with van der Waals surface area (Å²) in [5, 5.41) is 12.0. The van der Waals surface area contributed by atoms with Crippen LogP contribution < -0.4 is 5.32 Å². The Morgan fingerprint density at radius 3 is 2.83 bits per heavy atom. The van der Waals surface area contributed by atoms with Gasteiger partial charge in [-0.1, -0.05) is 6.07 Å². The highest BCUT2D eigenvalue weighted by molar-refractivity contribution is 5.91. The number of hydrogen-bond donors (Lipinski definition) is 2. The van der Waals surface area contributed by atoms with Gasteiger partial charge in [0, 0.05) is 25.0 Å². The molecule has 0 aliphatic heterocycles. The molecular formula is C13H13N3O2. The molecule has 0 fully saturated rings. The van der Waals surface area contributed by atoms with E-state index in [0.717, 1.165) is 5.56 Å². The lowest BCUT2D eigenvalue weighted by Gasteiger charge is -2.05. The third kappa shape index (κ3) is 3.28. The summed E-state index contributed by atoms with van der Waals surface area (Å²) in [5.41, 5.74) is 0.998. The first-order valence-corrected chi connectivity index (χ1v) is 5.58. The largest absolute Gasteiger partial charge is 0.504 e. The molecule has 2 aromatic rings. The standard InChI is InChI=1S/C13H13N3O2/c17-11-4-2-8-15-13(11)16-12(18)6-5-10-3-1-7-14-9-10/h1-4,7-9,17H,5-6H2,(H,15,16,18). The van der Waals surface area contributed by atoms with Crippen LogP contribution in [0.1, 0.15) is 12.0 Å². The average Bonchev–Trinajstić information content (AvgIpc) is 2.40. The van der Waals surface area contributed by atoms with Crippen molar-refractivity contribution in [1.29, 1.82) is 0 Å². The van der Waals surface area contributed by atoms with Crippen molar-refractivity contribution in [2.75, 3.05) is 5.32 Å². The summed E-state index contributed by atoms with van der Waals surface area (Å²) in [5.74, 6) is -0.0335. The Morgan fingerprint density at radius 2 is 2.11 bits per heavy atom. The van der Waals surface area contributed by atoms with Crippen LogP contribution in [0.25, 0.3) is 0 Å². The van der Waals surface area contributed by atoms with Crippen molar-refractivity contribution in [3.63, 3.8) is 0 Å². The molecule has 2 rings (SSSR count). The number of carbonyl (C=O) groups excluding carboxylic acids is 1. The van der Waals surface area contributed by atoms with Crippen LogP contribution in [-0.2, 0) is 11.2 Å². The molecule has 0 radical (unpaired) electrons. The number of carbonyl (C=O) groups is 1. The van der Waals surface area contributed by atoms with E-state index in [-0.39, 0.29) is 17.5 Å². The first kappa shape index (κ1) is 12.0. The van der Waals surface area contributed by atoms with Gasteiger partial charge in [0.25, 0.3) is 0 Å². The second-order valence-electron chi connectivity index (χ2n) is 3.78. The van der Waals surface area contributed by atoms with Gasteiger partial charge in [-0.05, 0) is 30.2 Å². The fourth-order valence-electron chi connectivity index (χ4n) is 1.49. The predicted molar refractivity (Wildman–Crippen MR) is 67.1 cm³/mol. The number of hydrogen-bond acceptors (Lipinski definition) is 4. The van der Waals surface area contributed by atoms with Crippen LogP contribution in [0.4, 0.5) is 5.82 Å². The van der Waals surface area contributed by atoms with Gasteiger partial charge in [-0.2, -0.15) is 0 Å². The number of aromatic hydroxyl groups is 1. The Labute approximate surface area is 105 Å². The van der Waals surface area contributed by atoms with Gasteiger partial charge in [0.2, 0.25) is 5.91 Å². The maximum Gasteiger partial charge on any atom is 0.225 e. The van der Waals surface area contributed by atoms with Crippen LogP contribution >= 0.6 is 0 Å². The van der Waals surface area contributed by atoms with Crippen LogP contribution in [0.3, 0.4) is 0 Å². The number of rotatable bonds is 4. The molecule has 0 saturated heterocycles. The predicted octanol–water partition coefficient (Wildman–Crippen LogP) is 1.75. The van der Waals surface area contributed by atoms with E-state index in [9.17, 15) is 9.90 Å². The number of pyridine rings is 2. The van der Waals surface area contributed by atoms with E-state index in [4.69, 9.17) is 0 Å². The number of amides is 1. The quantitative estimate of drug-likeness (QED) is 0.857.